The fourth-order valence-electron chi connectivity index (χ4n) is 2.59. The van der Waals surface area contributed by atoms with Gasteiger partial charge in [-0.2, -0.15) is 8.78 Å². The molecule has 1 fully saturated rings. The van der Waals surface area contributed by atoms with Crippen molar-refractivity contribution in [3.05, 3.63) is 29.8 Å². The van der Waals surface area contributed by atoms with Gasteiger partial charge in [-0.05, 0) is 42.9 Å². The Morgan fingerprint density at radius 2 is 2.05 bits per heavy atom. The van der Waals surface area contributed by atoms with Crippen molar-refractivity contribution in [1.82, 2.24) is 5.32 Å². The number of carbonyl (C=O) groups excluding carboxylic acids is 1. The van der Waals surface area contributed by atoms with Crippen molar-refractivity contribution >= 4 is 5.91 Å². The lowest BCUT2D eigenvalue weighted by atomic mass is 10.1. The van der Waals surface area contributed by atoms with E-state index in [9.17, 15) is 13.6 Å². The summed E-state index contributed by atoms with van der Waals surface area (Å²) in [4.78, 5) is 11.9. The quantitative estimate of drug-likeness (QED) is 0.901. The van der Waals surface area contributed by atoms with E-state index in [2.05, 4.69) is 17.0 Å². The smallest absolute Gasteiger partial charge is 0.387 e. The zero-order valence-electron chi connectivity index (χ0n) is 11.4. The van der Waals surface area contributed by atoms with Crippen molar-refractivity contribution in [2.45, 2.75) is 45.3 Å². The number of nitrogens with one attached hydrogen (secondary N) is 1. The molecule has 0 saturated heterocycles. The molecule has 3 nitrogen and oxygen atoms in total. The first-order valence-electron chi connectivity index (χ1n) is 6.86. The molecular weight excluding hydrogens is 264 g/mol. The van der Waals surface area contributed by atoms with Crippen LogP contribution in [-0.2, 0) is 11.2 Å². The minimum Gasteiger partial charge on any atom is -0.435 e. The molecule has 1 aliphatic rings. The second-order valence-corrected chi connectivity index (χ2v) is 5.38. The van der Waals surface area contributed by atoms with Crippen molar-refractivity contribution in [3.8, 4) is 5.75 Å². The largest absolute Gasteiger partial charge is 0.435 e. The van der Waals surface area contributed by atoms with Gasteiger partial charge in [-0.1, -0.05) is 19.1 Å². The van der Waals surface area contributed by atoms with E-state index in [4.69, 9.17) is 0 Å². The lowest BCUT2D eigenvalue weighted by Crippen LogP contribution is -2.34. The fourth-order valence-corrected chi connectivity index (χ4v) is 2.59. The molecule has 0 aromatic heterocycles. The molecule has 1 saturated carbocycles. The van der Waals surface area contributed by atoms with Crippen LogP contribution in [0, 0.1) is 5.92 Å². The van der Waals surface area contributed by atoms with Crippen molar-refractivity contribution in [1.29, 1.82) is 0 Å². The van der Waals surface area contributed by atoms with Crippen LogP contribution in [-0.4, -0.2) is 18.6 Å². The summed E-state index contributed by atoms with van der Waals surface area (Å²) in [6.07, 6.45) is 3.49. The van der Waals surface area contributed by atoms with E-state index >= 15 is 0 Å². The summed E-state index contributed by atoms with van der Waals surface area (Å²) in [5, 5.41) is 3.01. The second kappa shape index (κ2) is 6.68. The summed E-state index contributed by atoms with van der Waals surface area (Å²) >= 11 is 0. The van der Waals surface area contributed by atoms with E-state index in [1.54, 1.807) is 12.1 Å². The monoisotopic (exact) mass is 283 g/mol. The number of amides is 1. The number of benzene rings is 1. The van der Waals surface area contributed by atoms with Crippen LogP contribution in [0.4, 0.5) is 8.78 Å². The molecule has 20 heavy (non-hydrogen) atoms. The molecule has 2 rings (SSSR count). The van der Waals surface area contributed by atoms with Gasteiger partial charge < -0.3 is 10.1 Å². The van der Waals surface area contributed by atoms with E-state index in [1.807, 2.05) is 0 Å². The molecule has 1 amide bonds. The lowest BCUT2D eigenvalue weighted by Gasteiger charge is -2.12. The Morgan fingerprint density at radius 3 is 2.60 bits per heavy atom. The highest BCUT2D eigenvalue weighted by molar-refractivity contribution is 5.78. The second-order valence-electron chi connectivity index (χ2n) is 5.38. The number of hydrogen-bond acceptors (Lipinski definition) is 2. The van der Waals surface area contributed by atoms with E-state index in [0.29, 0.717) is 5.92 Å². The third kappa shape index (κ3) is 4.47. The molecule has 1 aliphatic carbocycles. The van der Waals surface area contributed by atoms with Crippen LogP contribution in [0.3, 0.4) is 0 Å². The molecule has 5 heteroatoms. The SMILES string of the molecule is CC1CCC(NC(=O)Cc2ccc(OC(F)F)cc2)C1. The van der Waals surface area contributed by atoms with Crippen LogP contribution in [0.1, 0.15) is 31.7 Å². The Balaban J connectivity index is 1.82. The van der Waals surface area contributed by atoms with E-state index in [0.717, 1.165) is 24.8 Å². The Labute approximate surface area is 117 Å². The average Bonchev–Trinajstić information content (AvgIpc) is 2.76. The van der Waals surface area contributed by atoms with Gasteiger partial charge in [0.05, 0.1) is 6.42 Å². The summed E-state index contributed by atoms with van der Waals surface area (Å²) < 4.78 is 28.3. The number of ether oxygens (including phenoxy) is 1. The Morgan fingerprint density at radius 1 is 1.35 bits per heavy atom. The van der Waals surface area contributed by atoms with Gasteiger partial charge in [0.1, 0.15) is 5.75 Å². The molecule has 1 aromatic carbocycles. The maximum Gasteiger partial charge on any atom is 0.387 e. The minimum absolute atomic E-state index is 0.0216. The van der Waals surface area contributed by atoms with Crippen LogP contribution in [0.2, 0.25) is 0 Å². The minimum atomic E-state index is -2.83. The summed E-state index contributed by atoms with van der Waals surface area (Å²) in [6.45, 7) is -0.637. The third-order valence-electron chi connectivity index (χ3n) is 3.57. The van der Waals surface area contributed by atoms with E-state index in [-0.39, 0.29) is 24.1 Å². The molecule has 0 aliphatic heterocycles. The van der Waals surface area contributed by atoms with Crippen molar-refractivity contribution in [3.63, 3.8) is 0 Å². The highest BCUT2D eigenvalue weighted by Crippen LogP contribution is 2.24. The molecule has 0 radical (unpaired) electrons. The van der Waals surface area contributed by atoms with Gasteiger partial charge in [-0.25, -0.2) is 0 Å². The van der Waals surface area contributed by atoms with Crippen LogP contribution in [0.5, 0.6) is 5.75 Å². The molecule has 0 heterocycles. The van der Waals surface area contributed by atoms with Crippen molar-refractivity contribution < 1.29 is 18.3 Å². The van der Waals surface area contributed by atoms with Crippen LogP contribution in [0.25, 0.3) is 0 Å². The number of hydrogen-bond donors (Lipinski definition) is 1. The van der Waals surface area contributed by atoms with Gasteiger partial charge in [-0.15, -0.1) is 0 Å². The zero-order chi connectivity index (χ0) is 14.5. The highest BCUT2D eigenvalue weighted by atomic mass is 19.3. The third-order valence-corrected chi connectivity index (χ3v) is 3.57. The van der Waals surface area contributed by atoms with Gasteiger partial charge in [0, 0.05) is 6.04 Å². The van der Waals surface area contributed by atoms with Crippen molar-refractivity contribution in [2.75, 3.05) is 0 Å². The first-order valence-corrected chi connectivity index (χ1v) is 6.86. The first-order chi connectivity index (χ1) is 9.52. The maximum absolute atomic E-state index is 12.0. The molecule has 2 unspecified atom stereocenters. The number of halogens is 2. The average molecular weight is 283 g/mol. The van der Waals surface area contributed by atoms with Gasteiger partial charge in [0.15, 0.2) is 0 Å². The summed E-state index contributed by atoms with van der Waals surface area (Å²) in [7, 11) is 0. The van der Waals surface area contributed by atoms with Crippen molar-refractivity contribution in [2.24, 2.45) is 5.92 Å². The van der Waals surface area contributed by atoms with Crippen LogP contribution < -0.4 is 10.1 Å². The summed E-state index contributed by atoms with van der Waals surface area (Å²) in [6, 6.07) is 6.45. The van der Waals surface area contributed by atoms with Crippen LogP contribution in [0.15, 0.2) is 24.3 Å². The molecule has 110 valence electrons. The van der Waals surface area contributed by atoms with E-state index in [1.165, 1.54) is 12.1 Å². The molecular formula is C15H19F2NO2. The summed E-state index contributed by atoms with van der Waals surface area (Å²) in [5.74, 6) is 0.756. The normalized spacial score (nSPS) is 22.0. The van der Waals surface area contributed by atoms with E-state index < -0.39 is 6.61 Å². The Hall–Kier alpha value is -1.65. The Kier molecular flexibility index (Phi) is 4.93. The molecule has 0 spiro atoms. The Bertz CT molecular complexity index is 448. The predicted octanol–water partition coefficient (Wildman–Crippen LogP) is 3.14. The first kappa shape index (κ1) is 14.8. The van der Waals surface area contributed by atoms with Gasteiger partial charge >= 0.3 is 6.61 Å². The number of carbonyl (C=O) groups is 1. The van der Waals surface area contributed by atoms with Gasteiger partial charge in [0.2, 0.25) is 5.91 Å². The number of alkyl halides is 2. The maximum atomic E-state index is 12.0. The zero-order valence-corrected chi connectivity index (χ0v) is 11.4. The molecule has 1 aromatic rings. The van der Waals surface area contributed by atoms with Gasteiger partial charge in [0.25, 0.3) is 0 Å². The topological polar surface area (TPSA) is 38.3 Å². The molecule has 1 N–H and O–H groups in total. The van der Waals surface area contributed by atoms with Gasteiger partial charge in [-0.3, -0.25) is 4.79 Å². The summed E-state index contributed by atoms with van der Waals surface area (Å²) in [5.41, 5.74) is 0.787. The fraction of sp³-hybridized carbons (Fsp3) is 0.533. The molecule has 2 atom stereocenters. The number of rotatable bonds is 5. The predicted molar refractivity (Wildman–Crippen MR) is 71.7 cm³/mol. The van der Waals surface area contributed by atoms with Crippen LogP contribution >= 0.6 is 0 Å². The lowest BCUT2D eigenvalue weighted by molar-refractivity contribution is -0.121. The molecule has 0 bridgehead atoms. The standard InChI is InChI=1S/C15H19F2NO2/c1-10-2-5-12(8-10)18-14(19)9-11-3-6-13(7-4-11)20-15(16)17/h3-4,6-7,10,12,15H,2,5,8-9H2,1H3,(H,18,19). The highest BCUT2D eigenvalue weighted by Gasteiger charge is 2.22.